The molecule has 0 saturated heterocycles. The van der Waals surface area contributed by atoms with E-state index in [2.05, 4.69) is 17.0 Å². The molecule has 0 aliphatic rings. The fourth-order valence-electron chi connectivity index (χ4n) is 2.47. The molecule has 0 amide bonds. The van der Waals surface area contributed by atoms with Crippen LogP contribution >= 0.6 is 28.6 Å². The maximum atomic E-state index is 11.4. The lowest BCUT2D eigenvalue weighted by Crippen LogP contribution is -2.32. The third kappa shape index (κ3) is 6.78. The van der Waals surface area contributed by atoms with Gasteiger partial charge in [-0.15, -0.1) is 17.0 Å². The van der Waals surface area contributed by atoms with Crippen LogP contribution in [0.2, 0.25) is 5.02 Å². The Bertz CT molecular complexity index is 679. The van der Waals surface area contributed by atoms with Crippen molar-refractivity contribution in [3.8, 4) is 0 Å². The molecule has 0 heterocycles. The number of rotatable bonds is 7. The Hall–Kier alpha value is -1.40. The monoisotopic (exact) mass is 427 g/mol. The molecule has 2 atom stereocenters. The van der Waals surface area contributed by atoms with Crippen LogP contribution in [0.3, 0.4) is 0 Å². The highest BCUT2D eigenvalue weighted by atomic mass is 79.9. The van der Waals surface area contributed by atoms with Crippen LogP contribution in [-0.4, -0.2) is 30.8 Å². The van der Waals surface area contributed by atoms with Gasteiger partial charge < -0.3 is 15.2 Å². The molecule has 2 N–H and O–H groups in total. The summed E-state index contributed by atoms with van der Waals surface area (Å²) in [4.78, 5) is 11.4. The lowest BCUT2D eigenvalue weighted by Gasteiger charge is -2.18. The Morgan fingerprint density at radius 3 is 2.52 bits per heavy atom. The van der Waals surface area contributed by atoms with E-state index in [0.717, 1.165) is 17.5 Å². The zero-order valence-corrected chi connectivity index (χ0v) is 16.7. The Balaban J connectivity index is 0.00000312. The van der Waals surface area contributed by atoms with Gasteiger partial charge in [0.25, 0.3) is 0 Å². The first-order valence-corrected chi connectivity index (χ1v) is 8.21. The van der Waals surface area contributed by atoms with Crippen LogP contribution in [0, 0.1) is 0 Å². The van der Waals surface area contributed by atoms with E-state index in [4.69, 9.17) is 11.6 Å². The summed E-state index contributed by atoms with van der Waals surface area (Å²) in [6.07, 6.45) is 0.192. The topological polar surface area (TPSA) is 58.6 Å². The zero-order chi connectivity index (χ0) is 17.5. The molecule has 2 aromatic rings. The van der Waals surface area contributed by atoms with Gasteiger partial charge in [-0.05, 0) is 48.7 Å². The van der Waals surface area contributed by atoms with Crippen molar-refractivity contribution in [1.82, 2.24) is 5.32 Å². The average Bonchev–Trinajstić information content (AvgIpc) is 2.59. The van der Waals surface area contributed by atoms with Crippen molar-refractivity contribution in [1.29, 1.82) is 0 Å². The summed E-state index contributed by atoms with van der Waals surface area (Å²) in [6.45, 7) is 2.50. The van der Waals surface area contributed by atoms with E-state index < -0.39 is 6.10 Å². The molecule has 25 heavy (non-hydrogen) atoms. The highest BCUT2D eigenvalue weighted by Crippen LogP contribution is 2.17. The second kappa shape index (κ2) is 10.6. The van der Waals surface area contributed by atoms with E-state index in [9.17, 15) is 9.90 Å². The van der Waals surface area contributed by atoms with Gasteiger partial charge >= 0.3 is 5.97 Å². The van der Waals surface area contributed by atoms with Crippen molar-refractivity contribution in [3.05, 3.63) is 70.2 Å². The molecule has 6 heteroatoms. The number of carbonyl (C=O) groups is 1. The first-order chi connectivity index (χ1) is 11.5. The van der Waals surface area contributed by atoms with Crippen molar-refractivity contribution in [2.75, 3.05) is 13.7 Å². The second-order valence-corrected chi connectivity index (χ2v) is 6.21. The molecule has 0 bridgehead atoms. The quantitative estimate of drug-likeness (QED) is 0.655. The fourth-order valence-corrected chi connectivity index (χ4v) is 2.66. The SMILES string of the molecule is Br.COC(=O)c1ccc(CC(C)NCC(O)c2cccc(Cl)c2)cc1. The van der Waals surface area contributed by atoms with Crippen LogP contribution in [-0.2, 0) is 11.2 Å². The summed E-state index contributed by atoms with van der Waals surface area (Å²) in [7, 11) is 1.37. The molecule has 0 aliphatic carbocycles. The maximum absolute atomic E-state index is 11.4. The summed E-state index contributed by atoms with van der Waals surface area (Å²) in [6, 6.07) is 14.8. The van der Waals surface area contributed by atoms with Gasteiger partial charge in [-0.2, -0.15) is 0 Å². The number of aliphatic hydroxyl groups is 1. The zero-order valence-electron chi connectivity index (χ0n) is 14.2. The standard InChI is InChI=1S/C19H22ClNO3.BrH/c1-13(10-14-6-8-15(9-7-14)19(23)24-2)21-12-18(22)16-4-3-5-17(20)11-16;/h3-9,11,13,18,21-22H,10,12H2,1-2H3;1H. The van der Waals surface area contributed by atoms with Crippen molar-refractivity contribution in [3.63, 3.8) is 0 Å². The minimum atomic E-state index is -0.604. The molecule has 136 valence electrons. The molecular formula is C19H23BrClNO3. The van der Waals surface area contributed by atoms with E-state index in [1.807, 2.05) is 24.3 Å². The number of carbonyl (C=O) groups excluding carboxylic acids is 1. The van der Waals surface area contributed by atoms with Gasteiger partial charge in [0.05, 0.1) is 18.8 Å². The summed E-state index contributed by atoms with van der Waals surface area (Å²) in [5, 5.41) is 14.1. The molecular weight excluding hydrogens is 406 g/mol. The van der Waals surface area contributed by atoms with Crippen LogP contribution in [0.1, 0.15) is 34.5 Å². The average molecular weight is 429 g/mol. The normalized spacial score (nSPS) is 12.8. The summed E-state index contributed by atoms with van der Waals surface area (Å²) >= 11 is 5.94. The first-order valence-electron chi connectivity index (χ1n) is 7.83. The fraction of sp³-hybridized carbons (Fsp3) is 0.316. The predicted molar refractivity (Wildman–Crippen MR) is 106 cm³/mol. The van der Waals surface area contributed by atoms with Gasteiger partial charge in [0.1, 0.15) is 0 Å². The summed E-state index contributed by atoms with van der Waals surface area (Å²) < 4.78 is 4.68. The number of halogens is 2. The third-order valence-corrected chi connectivity index (χ3v) is 4.05. The third-order valence-electron chi connectivity index (χ3n) is 3.81. The molecule has 0 spiro atoms. The number of ether oxygens (including phenoxy) is 1. The molecule has 2 unspecified atom stereocenters. The highest BCUT2D eigenvalue weighted by Gasteiger charge is 2.11. The van der Waals surface area contributed by atoms with Crippen molar-refractivity contribution in [2.24, 2.45) is 0 Å². The number of hydrogen-bond donors (Lipinski definition) is 2. The van der Waals surface area contributed by atoms with Crippen LogP contribution in [0.15, 0.2) is 48.5 Å². The number of nitrogens with one attached hydrogen (secondary N) is 1. The Kier molecular flexibility index (Phi) is 9.14. The largest absolute Gasteiger partial charge is 0.465 e. The highest BCUT2D eigenvalue weighted by molar-refractivity contribution is 8.93. The van der Waals surface area contributed by atoms with Gasteiger partial charge in [0.15, 0.2) is 0 Å². The van der Waals surface area contributed by atoms with Gasteiger partial charge in [-0.1, -0.05) is 35.9 Å². The summed E-state index contributed by atoms with van der Waals surface area (Å²) in [5.74, 6) is -0.336. The molecule has 4 nitrogen and oxygen atoms in total. The number of methoxy groups -OCH3 is 1. The number of aliphatic hydroxyl groups excluding tert-OH is 1. The Morgan fingerprint density at radius 2 is 1.92 bits per heavy atom. The van der Waals surface area contributed by atoms with E-state index in [1.165, 1.54) is 7.11 Å². The van der Waals surface area contributed by atoms with E-state index >= 15 is 0 Å². The van der Waals surface area contributed by atoms with E-state index in [-0.39, 0.29) is 29.0 Å². The van der Waals surface area contributed by atoms with Crippen LogP contribution in [0.5, 0.6) is 0 Å². The van der Waals surface area contributed by atoms with Crippen molar-refractivity contribution < 1.29 is 14.6 Å². The van der Waals surface area contributed by atoms with Crippen molar-refractivity contribution >= 4 is 34.6 Å². The first kappa shape index (κ1) is 21.6. The minimum Gasteiger partial charge on any atom is -0.465 e. The molecule has 0 aromatic heterocycles. The summed E-state index contributed by atoms with van der Waals surface area (Å²) in [5.41, 5.74) is 2.45. The lowest BCUT2D eigenvalue weighted by atomic mass is 10.0. The maximum Gasteiger partial charge on any atom is 0.337 e. The number of esters is 1. The lowest BCUT2D eigenvalue weighted by molar-refractivity contribution is 0.0600. The predicted octanol–water partition coefficient (Wildman–Crippen LogP) is 3.96. The van der Waals surface area contributed by atoms with Gasteiger partial charge in [-0.25, -0.2) is 4.79 Å². The minimum absolute atomic E-state index is 0. The van der Waals surface area contributed by atoms with Crippen LogP contribution < -0.4 is 5.32 Å². The second-order valence-electron chi connectivity index (χ2n) is 5.77. The molecule has 2 aromatic carbocycles. The van der Waals surface area contributed by atoms with Gasteiger partial charge in [0, 0.05) is 17.6 Å². The number of benzene rings is 2. The van der Waals surface area contributed by atoms with Crippen molar-refractivity contribution in [2.45, 2.75) is 25.5 Å². The number of hydrogen-bond acceptors (Lipinski definition) is 4. The van der Waals surface area contributed by atoms with E-state index in [0.29, 0.717) is 17.1 Å². The molecule has 0 saturated carbocycles. The van der Waals surface area contributed by atoms with Crippen LogP contribution in [0.4, 0.5) is 0 Å². The molecule has 2 rings (SSSR count). The molecule has 0 radical (unpaired) electrons. The smallest absolute Gasteiger partial charge is 0.337 e. The Morgan fingerprint density at radius 1 is 1.24 bits per heavy atom. The molecule has 0 aliphatic heterocycles. The van der Waals surface area contributed by atoms with Crippen LogP contribution in [0.25, 0.3) is 0 Å². The molecule has 0 fully saturated rings. The van der Waals surface area contributed by atoms with Gasteiger partial charge in [-0.3, -0.25) is 0 Å². The Labute approximate surface area is 163 Å². The van der Waals surface area contributed by atoms with E-state index in [1.54, 1.807) is 24.3 Å². The van der Waals surface area contributed by atoms with Gasteiger partial charge in [0.2, 0.25) is 0 Å².